The second-order valence-electron chi connectivity index (χ2n) is 5.09. The number of carbonyl (C=O) groups is 1. The topological polar surface area (TPSA) is 58.4 Å². The molecule has 1 unspecified atom stereocenters. The predicted molar refractivity (Wildman–Crippen MR) is 70.8 cm³/mol. The van der Waals surface area contributed by atoms with Gasteiger partial charge in [-0.05, 0) is 39.3 Å². The van der Waals surface area contributed by atoms with E-state index in [1.165, 1.54) is 19.3 Å². The number of likely N-dealkylation sites (tertiary alicyclic amines) is 1. The average molecular weight is 241 g/mol. The van der Waals surface area contributed by atoms with Gasteiger partial charge in [0.2, 0.25) is 5.91 Å². The highest BCUT2D eigenvalue weighted by molar-refractivity contribution is 5.81. The van der Waals surface area contributed by atoms with Crippen LogP contribution in [0, 0.1) is 0 Å². The van der Waals surface area contributed by atoms with Crippen molar-refractivity contribution >= 4 is 5.91 Å². The molecule has 0 aliphatic carbocycles. The van der Waals surface area contributed by atoms with E-state index in [9.17, 15) is 4.79 Å². The molecular weight excluding hydrogens is 214 g/mol. The van der Waals surface area contributed by atoms with E-state index < -0.39 is 0 Å². The molecule has 2 atom stereocenters. The van der Waals surface area contributed by atoms with Crippen LogP contribution in [-0.2, 0) is 4.79 Å². The largest absolute Gasteiger partial charge is 0.353 e. The summed E-state index contributed by atoms with van der Waals surface area (Å²) in [6.45, 7) is 7.27. The molecule has 1 rings (SSSR count). The summed E-state index contributed by atoms with van der Waals surface area (Å²) in [5, 5.41) is 2.96. The van der Waals surface area contributed by atoms with Crippen LogP contribution in [0.5, 0.6) is 0 Å². The fourth-order valence-corrected chi connectivity index (χ4v) is 2.31. The van der Waals surface area contributed by atoms with Crippen LogP contribution in [-0.4, -0.2) is 42.5 Å². The Labute approximate surface area is 105 Å². The minimum Gasteiger partial charge on any atom is -0.353 e. The maximum atomic E-state index is 11.7. The first-order valence-corrected chi connectivity index (χ1v) is 6.92. The van der Waals surface area contributed by atoms with E-state index in [0.717, 1.165) is 32.5 Å². The van der Waals surface area contributed by atoms with Gasteiger partial charge in [0.1, 0.15) is 0 Å². The molecule has 17 heavy (non-hydrogen) atoms. The summed E-state index contributed by atoms with van der Waals surface area (Å²) >= 11 is 0. The molecule has 0 bridgehead atoms. The number of hydrogen-bond donors (Lipinski definition) is 2. The van der Waals surface area contributed by atoms with Crippen molar-refractivity contribution in [1.82, 2.24) is 10.2 Å². The Morgan fingerprint density at radius 3 is 2.59 bits per heavy atom. The zero-order valence-electron chi connectivity index (χ0n) is 11.2. The fourth-order valence-electron chi connectivity index (χ4n) is 2.31. The zero-order chi connectivity index (χ0) is 12.7. The number of carbonyl (C=O) groups excluding carboxylic acids is 1. The SMILES string of the molecule is CCC[C@@H](N)C(=O)NCC(C)N1CCCCC1. The molecule has 1 heterocycles. The van der Waals surface area contributed by atoms with Crippen LogP contribution in [0.3, 0.4) is 0 Å². The molecule has 0 aromatic carbocycles. The summed E-state index contributed by atoms with van der Waals surface area (Å²) in [6, 6.07) is 0.0848. The van der Waals surface area contributed by atoms with Gasteiger partial charge in [-0.1, -0.05) is 19.8 Å². The first-order chi connectivity index (χ1) is 8.15. The highest BCUT2D eigenvalue weighted by Crippen LogP contribution is 2.11. The smallest absolute Gasteiger partial charge is 0.236 e. The number of nitrogens with one attached hydrogen (secondary N) is 1. The van der Waals surface area contributed by atoms with E-state index in [1.807, 2.05) is 6.92 Å². The van der Waals surface area contributed by atoms with E-state index in [2.05, 4.69) is 17.1 Å². The summed E-state index contributed by atoms with van der Waals surface area (Å²) in [6.07, 6.45) is 5.64. The number of piperidine rings is 1. The van der Waals surface area contributed by atoms with Crippen molar-refractivity contribution in [3.8, 4) is 0 Å². The van der Waals surface area contributed by atoms with Crippen molar-refractivity contribution in [3.05, 3.63) is 0 Å². The lowest BCUT2D eigenvalue weighted by molar-refractivity contribution is -0.122. The Morgan fingerprint density at radius 1 is 1.35 bits per heavy atom. The van der Waals surface area contributed by atoms with Gasteiger partial charge in [-0.3, -0.25) is 9.69 Å². The molecule has 4 heteroatoms. The van der Waals surface area contributed by atoms with Gasteiger partial charge in [-0.15, -0.1) is 0 Å². The lowest BCUT2D eigenvalue weighted by Crippen LogP contribution is -2.48. The van der Waals surface area contributed by atoms with Crippen molar-refractivity contribution < 1.29 is 4.79 Å². The summed E-state index contributed by atoms with van der Waals surface area (Å²) < 4.78 is 0. The van der Waals surface area contributed by atoms with E-state index in [1.54, 1.807) is 0 Å². The average Bonchev–Trinajstić information content (AvgIpc) is 2.36. The molecule has 0 spiro atoms. The van der Waals surface area contributed by atoms with Gasteiger partial charge in [-0.25, -0.2) is 0 Å². The van der Waals surface area contributed by atoms with Gasteiger partial charge >= 0.3 is 0 Å². The van der Waals surface area contributed by atoms with Gasteiger partial charge in [0.25, 0.3) is 0 Å². The lowest BCUT2D eigenvalue weighted by atomic mass is 10.1. The molecule has 4 nitrogen and oxygen atoms in total. The molecule has 1 amide bonds. The Bertz CT molecular complexity index is 227. The molecular formula is C13H27N3O. The first-order valence-electron chi connectivity index (χ1n) is 6.92. The minimum absolute atomic E-state index is 0.00397. The molecule has 100 valence electrons. The third-order valence-corrected chi connectivity index (χ3v) is 3.52. The van der Waals surface area contributed by atoms with Crippen molar-refractivity contribution in [2.45, 2.75) is 58.0 Å². The lowest BCUT2D eigenvalue weighted by Gasteiger charge is -2.32. The van der Waals surface area contributed by atoms with Crippen molar-refractivity contribution in [3.63, 3.8) is 0 Å². The number of rotatable bonds is 6. The van der Waals surface area contributed by atoms with E-state index in [-0.39, 0.29) is 11.9 Å². The van der Waals surface area contributed by atoms with Crippen LogP contribution < -0.4 is 11.1 Å². The van der Waals surface area contributed by atoms with Crippen molar-refractivity contribution in [2.24, 2.45) is 5.73 Å². The predicted octanol–water partition coefficient (Wildman–Crippen LogP) is 1.10. The zero-order valence-corrected chi connectivity index (χ0v) is 11.2. The van der Waals surface area contributed by atoms with Crippen LogP contribution >= 0.6 is 0 Å². The van der Waals surface area contributed by atoms with Crippen LogP contribution in [0.15, 0.2) is 0 Å². The normalized spacial score (nSPS) is 20.9. The quantitative estimate of drug-likeness (QED) is 0.732. The Hall–Kier alpha value is -0.610. The van der Waals surface area contributed by atoms with Crippen LogP contribution in [0.25, 0.3) is 0 Å². The number of nitrogens with two attached hydrogens (primary N) is 1. The molecule has 1 aliphatic rings. The van der Waals surface area contributed by atoms with Crippen molar-refractivity contribution in [1.29, 1.82) is 0 Å². The van der Waals surface area contributed by atoms with Gasteiger partial charge < -0.3 is 11.1 Å². The van der Waals surface area contributed by atoms with Crippen molar-refractivity contribution in [2.75, 3.05) is 19.6 Å². The maximum absolute atomic E-state index is 11.7. The minimum atomic E-state index is -0.339. The van der Waals surface area contributed by atoms with Crippen LogP contribution in [0.1, 0.15) is 46.0 Å². The molecule has 0 radical (unpaired) electrons. The van der Waals surface area contributed by atoms with Gasteiger partial charge in [-0.2, -0.15) is 0 Å². The summed E-state index contributed by atoms with van der Waals surface area (Å²) in [5.41, 5.74) is 5.77. The van der Waals surface area contributed by atoms with E-state index in [0.29, 0.717) is 6.04 Å². The third-order valence-electron chi connectivity index (χ3n) is 3.52. The Morgan fingerprint density at radius 2 is 2.00 bits per heavy atom. The summed E-state index contributed by atoms with van der Waals surface area (Å²) in [4.78, 5) is 14.1. The highest BCUT2D eigenvalue weighted by atomic mass is 16.2. The Kier molecular flexibility index (Phi) is 6.52. The highest BCUT2D eigenvalue weighted by Gasteiger charge is 2.18. The molecule has 0 saturated carbocycles. The van der Waals surface area contributed by atoms with Gasteiger partial charge in [0.05, 0.1) is 6.04 Å². The molecule has 1 aliphatic heterocycles. The number of amides is 1. The second-order valence-corrected chi connectivity index (χ2v) is 5.09. The van der Waals surface area contributed by atoms with Gasteiger partial charge in [0, 0.05) is 12.6 Å². The van der Waals surface area contributed by atoms with Gasteiger partial charge in [0.15, 0.2) is 0 Å². The summed E-state index contributed by atoms with van der Waals surface area (Å²) in [7, 11) is 0. The second kappa shape index (κ2) is 7.67. The molecule has 1 saturated heterocycles. The number of nitrogens with zero attached hydrogens (tertiary/aromatic N) is 1. The number of hydrogen-bond acceptors (Lipinski definition) is 3. The monoisotopic (exact) mass is 241 g/mol. The summed E-state index contributed by atoms with van der Waals surface area (Å²) in [5.74, 6) is -0.00397. The van der Waals surface area contributed by atoms with E-state index >= 15 is 0 Å². The van der Waals surface area contributed by atoms with Crippen LogP contribution in [0.2, 0.25) is 0 Å². The molecule has 0 aromatic rings. The molecule has 1 fully saturated rings. The molecule has 3 N–H and O–H groups in total. The standard InChI is InChI=1S/C13H27N3O/c1-3-7-12(14)13(17)15-10-11(2)16-8-5-4-6-9-16/h11-12H,3-10,14H2,1-2H3,(H,15,17)/t11?,12-/m1/s1. The molecule has 0 aromatic heterocycles. The van der Waals surface area contributed by atoms with E-state index in [4.69, 9.17) is 5.73 Å². The Balaban J connectivity index is 2.22. The first kappa shape index (κ1) is 14.5. The third kappa shape index (κ3) is 5.04. The van der Waals surface area contributed by atoms with Crippen LogP contribution in [0.4, 0.5) is 0 Å². The fraction of sp³-hybridized carbons (Fsp3) is 0.923. The maximum Gasteiger partial charge on any atom is 0.236 e.